The molecule has 0 aliphatic heterocycles. The van der Waals surface area contributed by atoms with Crippen molar-refractivity contribution in [2.24, 2.45) is 5.84 Å². The summed E-state index contributed by atoms with van der Waals surface area (Å²) in [6.07, 6.45) is 0. The van der Waals surface area contributed by atoms with Gasteiger partial charge in [0.25, 0.3) is 0 Å². The van der Waals surface area contributed by atoms with Crippen LogP contribution in [-0.4, -0.2) is 23.6 Å². The Morgan fingerprint density at radius 2 is 2.00 bits per heavy atom. The molecule has 0 fully saturated rings. The van der Waals surface area contributed by atoms with Crippen LogP contribution in [0.15, 0.2) is 23.4 Å². The molecule has 1 aromatic rings. The summed E-state index contributed by atoms with van der Waals surface area (Å²) in [4.78, 5) is 1.83. The van der Waals surface area contributed by atoms with Crippen LogP contribution < -0.4 is 16.2 Å². The van der Waals surface area contributed by atoms with Crippen molar-refractivity contribution in [1.82, 2.24) is 10.7 Å². The third-order valence-corrected chi connectivity index (χ3v) is 3.00. The van der Waals surface area contributed by atoms with Crippen LogP contribution >= 0.6 is 12.6 Å². The summed E-state index contributed by atoms with van der Waals surface area (Å²) in [5, 5.41) is 8.03. The second-order valence-electron chi connectivity index (χ2n) is 3.96. The lowest BCUT2D eigenvalue weighted by Gasteiger charge is -2.22. The van der Waals surface area contributed by atoms with Gasteiger partial charge in [-0.2, -0.15) is 4.39 Å². The average molecular weight is 304 g/mol. The molecule has 0 amide bonds. The number of benzene rings is 1. The monoisotopic (exact) mass is 304 g/mol. The van der Waals surface area contributed by atoms with Crippen LogP contribution in [0.3, 0.4) is 0 Å². The largest absolute Gasteiger partial charge is 0.370 e. The lowest BCUT2D eigenvalue weighted by atomic mass is 10.1. The Hall–Kier alpha value is -1.35. The molecule has 0 aliphatic rings. The molecule has 0 spiro atoms. The van der Waals surface area contributed by atoms with Gasteiger partial charge in [-0.1, -0.05) is 6.07 Å². The summed E-state index contributed by atoms with van der Waals surface area (Å²) in [5.41, 5.74) is 2.48. The van der Waals surface area contributed by atoms with Gasteiger partial charge < -0.3 is 4.90 Å². The Morgan fingerprint density at radius 3 is 2.40 bits per heavy atom. The lowest BCUT2D eigenvalue weighted by molar-refractivity contribution is -0.123. The SMILES string of the molecule is CCN(CC)c1ccc(/C(NN(N)O)=C(\F)S)cc1F. The summed E-state index contributed by atoms with van der Waals surface area (Å²) in [6.45, 7) is 5.13. The van der Waals surface area contributed by atoms with Crippen molar-refractivity contribution in [1.29, 1.82) is 0 Å². The first-order chi connectivity index (χ1) is 9.40. The van der Waals surface area contributed by atoms with Gasteiger partial charge in [0.1, 0.15) is 11.5 Å². The maximum absolute atomic E-state index is 14.1. The van der Waals surface area contributed by atoms with Crippen molar-refractivity contribution in [2.45, 2.75) is 13.8 Å². The van der Waals surface area contributed by atoms with Crippen molar-refractivity contribution in [3.63, 3.8) is 0 Å². The van der Waals surface area contributed by atoms with Crippen LogP contribution in [0.4, 0.5) is 14.5 Å². The second-order valence-corrected chi connectivity index (χ2v) is 4.35. The van der Waals surface area contributed by atoms with Crippen LogP contribution in [0.1, 0.15) is 19.4 Å². The van der Waals surface area contributed by atoms with Gasteiger partial charge in [0.2, 0.25) is 0 Å². The van der Waals surface area contributed by atoms with E-state index in [1.165, 1.54) is 12.1 Å². The van der Waals surface area contributed by atoms with Crippen LogP contribution in [-0.2, 0) is 0 Å². The summed E-state index contributed by atoms with van der Waals surface area (Å²) in [7, 11) is 0. The third kappa shape index (κ3) is 4.07. The van der Waals surface area contributed by atoms with Crippen LogP contribution in [0.2, 0.25) is 0 Å². The smallest absolute Gasteiger partial charge is 0.178 e. The van der Waals surface area contributed by atoms with Crippen LogP contribution in [0, 0.1) is 5.82 Å². The number of halogens is 2. The van der Waals surface area contributed by atoms with E-state index in [0.29, 0.717) is 18.8 Å². The highest BCUT2D eigenvalue weighted by atomic mass is 32.1. The highest BCUT2D eigenvalue weighted by Gasteiger charge is 2.14. The van der Waals surface area contributed by atoms with E-state index in [1.54, 1.807) is 0 Å². The first-order valence-electron chi connectivity index (χ1n) is 6.04. The van der Waals surface area contributed by atoms with Crippen molar-refractivity contribution < 1.29 is 14.0 Å². The molecule has 0 unspecified atom stereocenters. The summed E-state index contributed by atoms with van der Waals surface area (Å²) < 4.78 is 27.4. The number of hydrazine groups is 2. The van der Waals surface area contributed by atoms with Gasteiger partial charge in [0.15, 0.2) is 5.16 Å². The predicted molar refractivity (Wildman–Crippen MR) is 77.9 cm³/mol. The predicted octanol–water partition coefficient (Wildman–Crippen LogP) is 2.27. The summed E-state index contributed by atoms with van der Waals surface area (Å²) >= 11 is 3.54. The average Bonchev–Trinajstić information content (AvgIpc) is 2.38. The molecule has 1 aromatic carbocycles. The van der Waals surface area contributed by atoms with E-state index in [0.717, 1.165) is 6.07 Å². The number of nitrogens with zero attached hydrogens (tertiary/aromatic N) is 2. The molecule has 1 rings (SSSR count). The third-order valence-electron chi connectivity index (χ3n) is 2.77. The molecule has 0 saturated heterocycles. The van der Waals surface area contributed by atoms with E-state index in [2.05, 4.69) is 18.1 Å². The van der Waals surface area contributed by atoms with Crippen molar-refractivity contribution in [3.8, 4) is 0 Å². The molecule has 0 saturated carbocycles. The zero-order valence-corrected chi connectivity index (χ0v) is 12.2. The molecule has 0 bridgehead atoms. The number of thiol groups is 1. The Bertz CT molecular complexity index is 488. The zero-order valence-electron chi connectivity index (χ0n) is 11.3. The minimum atomic E-state index is -0.926. The van der Waals surface area contributed by atoms with Gasteiger partial charge in [-0.25, -0.2) is 10.2 Å². The van der Waals surface area contributed by atoms with E-state index in [1.807, 2.05) is 18.7 Å². The van der Waals surface area contributed by atoms with Gasteiger partial charge in [-0.05, 0) is 31.3 Å². The Kier molecular flexibility index (Phi) is 6.21. The van der Waals surface area contributed by atoms with Gasteiger partial charge >= 0.3 is 0 Å². The topological polar surface area (TPSA) is 64.8 Å². The molecule has 5 nitrogen and oxygen atoms in total. The lowest BCUT2D eigenvalue weighted by Crippen LogP contribution is -2.39. The minimum Gasteiger partial charge on any atom is -0.370 e. The summed E-state index contributed by atoms with van der Waals surface area (Å²) in [6, 6.07) is 4.20. The van der Waals surface area contributed by atoms with Crippen LogP contribution in [0.25, 0.3) is 5.70 Å². The molecule has 20 heavy (non-hydrogen) atoms. The minimum absolute atomic E-state index is 0.0708. The molecule has 0 heterocycles. The van der Waals surface area contributed by atoms with Crippen molar-refractivity contribution >= 4 is 24.0 Å². The number of hydrogen-bond acceptors (Lipinski definition) is 6. The van der Waals surface area contributed by atoms with Gasteiger partial charge in [0.05, 0.1) is 5.69 Å². The van der Waals surface area contributed by atoms with E-state index >= 15 is 0 Å². The maximum Gasteiger partial charge on any atom is 0.178 e. The number of hydrogen-bond donors (Lipinski definition) is 4. The molecule has 0 aromatic heterocycles. The Labute approximate surface area is 122 Å². The fourth-order valence-corrected chi connectivity index (χ4v) is 2.01. The fraction of sp³-hybridized carbons (Fsp3) is 0.333. The molecule has 4 N–H and O–H groups in total. The zero-order chi connectivity index (χ0) is 15.3. The summed E-state index contributed by atoms with van der Waals surface area (Å²) in [5.74, 6) is 4.47. The van der Waals surface area contributed by atoms with Crippen molar-refractivity contribution in [3.05, 3.63) is 34.7 Å². The van der Waals surface area contributed by atoms with E-state index in [9.17, 15) is 8.78 Å². The molecule has 112 valence electrons. The van der Waals surface area contributed by atoms with Crippen molar-refractivity contribution in [2.75, 3.05) is 18.0 Å². The molecule has 0 radical (unpaired) electrons. The van der Waals surface area contributed by atoms with E-state index in [-0.39, 0.29) is 16.5 Å². The molecule has 0 aliphatic carbocycles. The van der Waals surface area contributed by atoms with Gasteiger partial charge in [-0.3, -0.25) is 10.6 Å². The number of nitrogens with one attached hydrogen (secondary N) is 1. The molecular weight excluding hydrogens is 286 g/mol. The second kappa shape index (κ2) is 7.44. The highest BCUT2D eigenvalue weighted by molar-refractivity contribution is 7.84. The number of nitrogens with two attached hydrogens (primary N) is 1. The normalized spacial score (nSPS) is 12.4. The number of rotatable bonds is 6. The molecule has 0 atom stereocenters. The maximum atomic E-state index is 14.1. The quantitative estimate of drug-likeness (QED) is 0.369. The fourth-order valence-electron chi connectivity index (χ4n) is 1.83. The van der Waals surface area contributed by atoms with E-state index < -0.39 is 11.0 Å². The van der Waals surface area contributed by atoms with Gasteiger partial charge in [0, 0.05) is 18.7 Å². The highest BCUT2D eigenvalue weighted by Crippen LogP contribution is 2.26. The standard InChI is InChI=1S/C12H18F2N4OS/c1-3-17(4-2)10-6-5-8(7-9(10)13)11(12(14)20)16-18(15)19/h5-7,16,19-20H,3-4,15H2,1-2H3/b12-11-. The van der Waals surface area contributed by atoms with Gasteiger partial charge in [-0.15, -0.1) is 12.6 Å². The first-order valence-corrected chi connectivity index (χ1v) is 6.49. The Balaban J connectivity index is 3.16. The number of anilines is 1. The molecule has 8 heteroatoms. The van der Waals surface area contributed by atoms with Crippen LogP contribution in [0.5, 0.6) is 0 Å². The first kappa shape index (κ1) is 16.7. The molecular formula is C12H18F2N4OS. The van der Waals surface area contributed by atoms with E-state index in [4.69, 9.17) is 11.0 Å². The Morgan fingerprint density at radius 1 is 1.40 bits per heavy atom.